The predicted molar refractivity (Wildman–Crippen MR) is 137 cm³/mol. The Balaban J connectivity index is 1.39. The second-order valence-electron chi connectivity index (χ2n) is 8.28. The number of carboxylic acids is 1. The van der Waals surface area contributed by atoms with Crippen molar-refractivity contribution in [3.8, 4) is 17.2 Å². The third-order valence-corrected chi connectivity index (χ3v) is 6.36. The second-order valence-corrected chi connectivity index (χ2v) is 9.10. The number of carbonyl (C=O) groups is 2. The van der Waals surface area contributed by atoms with E-state index < -0.39 is 22.9 Å². The number of nitrogens with zero attached hydrogens (tertiary/aromatic N) is 4. The van der Waals surface area contributed by atoms with Crippen LogP contribution in [0.25, 0.3) is 5.69 Å². The van der Waals surface area contributed by atoms with Gasteiger partial charge in [0.25, 0.3) is 11.5 Å². The minimum absolute atomic E-state index is 0.000363. The van der Waals surface area contributed by atoms with Gasteiger partial charge in [0.05, 0.1) is 28.0 Å². The maximum absolute atomic E-state index is 13.0. The van der Waals surface area contributed by atoms with Crippen LogP contribution in [0.2, 0.25) is 10.0 Å². The summed E-state index contributed by atoms with van der Waals surface area (Å²) in [4.78, 5) is 56.0. The van der Waals surface area contributed by atoms with Gasteiger partial charge in [0, 0.05) is 18.3 Å². The largest absolute Gasteiger partial charge is 0.476 e. The number of pyridine rings is 1. The molecule has 0 atom stereocenters. The number of aromatic amines is 1. The van der Waals surface area contributed by atoms with Gasteiger partial charge in [0.2, 0.25) is 5.69 Å². The van der Waals surface area contributed by atoms with Crippen LogP contribution in [0.15, 0.2) is 64.3 Å². The Bertz CT molecular complexity index is 1680. The topological polar surface area (TPSA) is 147 Å². The summed E-state index contributed by atoms with van der Waals surface area (Å²) in [5.74, 6) is -1.25. The number of aromatic carboxylic acids is 1. The van der Waals surface area contributed by atoms with Crippen molar-refractivity contribution in [1.29, 1.82) is 0 Å². The van der Waals surface area contributed by atoms with Gasteiger partial charge in [-0.3, -0.25) is 19.6 Å². The molecule has 3 heterocycles. The predicted octanol–water partition coefficient (Wildman–Crippen LogP) is 3.31. The number of carboxylic acid groups (broad SMARTS) is 1. The molecule has 0 spiro atoms. The Morgan fingerprint density at radius 3 is 2.53 bits per heavy atom. The molecule has 1 aliphatic heterocycles. The van der Waals surface area contributed by atoms with Gasteiger partial charge in [-0.25, -0.2) is 9.59 Å². The van der Waals surface area contributed by atoms with Crippen LogP contribution in [0, 0.1) is 0 Å². The van der Waals surface area contributed by atoms with Gasteiger partial charge in [0.15, 0.2) is 5.75 Å². The number of rotatable bonds is 6. The molecule has 5 rings (SSSR count). The Kier molecular flexibility index (Phi) is 6.70. The number of fused-ring (bicyclic) bond motifs is 1. The number of aromatic nitrogens is 4. The minimum atomic E-state index is -1.61. The lowest BCUT2D eigenvalue weighted by molar-refractivity contribution is 0.0683. The number of hydrogen-bond donors (Lipinski definition) is 2. The van der Waals surface area contributed by atoms with E-state index in [1.54, 1.807) is 29.3 Å². The molecule has 2 N–H and O–H groups in total. The molecule has 0 radical (unpaired) electrons. The van der Waals surface area contributed by atoms with Crippen LogP contribution in [0.3, 0.4) is 0 Å². The monoisotopic (exact) mass is 553 g/mol. The van der Waals surface area contributed by atoms with Crippen LogP contribution < -0.4 is 16.0 Å². The molecule has 0 saturated heterocycles. The smallest absolute Gasteiger partial charge is 0.362 e. The zero-order valence-electron chi connectivity index (χ0n) is 19.4. The third-order valence-electron chi connectivity index (χ3n) is 5.80. The summed E-state index contributed by atoms with van der Waals surface area (Å²) in [7, 11) is 0. The zero-order valence-corrected chi connectivity index (χ0v) is 20.9. The number of carbonyl (C=O) groups excluding carboxylic acids is 1. The molecule has 0 unspecified atom stereocenters. The summed E-state index contributed by atoms with van der Waals surface area (Å²) < 4.78 is 6.57. The van der Waals surface area contributed by atoms with E-state index in [1.807, 2.05) is 23.2 Å². The van der Waals surface area contributed by atoms with Crippen molar-refractivity contribution in [3.05, 3.63) is 108 Å². The molecule has 1 aliphatic rings. The fraction of sp³-hybridized carbons (Fsp3) is 0.120. The molecular weight excluding hydrogens is 537 g/mol. The molecule has 192 valence electrons. The maximum Gasteiger partial charge on any atom is 0.362 e. The van der Waals surface area contributed by atoms with Crippen molar-refractivity contribution in [2.75, 3.05) is 6.54 Å². The van der Waals surface area contributed by atoms with Crippen LogP contribution in [0.1, 0.15) is 32.1 Å². The molecule has 0 saturated carbocycles. The van der Waals surface area contributed by atoms with E-state index in [9.17, 15) is 19.2 Å². The summed E-state index contributed by atoms with van der Waals surface area (Å²) >= 11 is 12.8. The maximum atomic E-state index is 13.0. The van der Waals surface area contributed by atoms with Crippen molar-refractivity contribution in [3.63, 3.8) is 0 Å². The Hall–Kier alpha value is -4.48. The lowest BCUT2D eigenvalue weighted by Gasteiger charge is -2.28. The second kappa shape index (κ2) is 10.1. The molecule has 0 aliphatic carbocycles. The first kappa shape index (κ1) is 25.2. The molecule has 1 amide bonds. The number of nitrogens with one attached hydrogen (secondary N) is 1. The normalized spacial score (nSPS) is 12.8. The lowest BCUT2D eigenvalue weighted by Crippen LogP contribution is -2.37. The van der Waals surface area contributed by atoms with Crippen molar-refractivity contribution >= 4 is 35.1 Å². The Morgan fingerprint density at radius 1 is 1.08 bits per heavy atom. The molecule has 11 nitrogen and oxygen atoms in total. The van der Waals surface area contributed by atoms with Crippen molar-refractivity contribution in [2.45, 2.75) is 13.0 Å². The van der Waals surface area contributed by atoms with Crippen LogP contribution in [-0.2, 0) is 13.0 Å². The van der Waals surface area contributed by atoms with Crippen LogP contribution in [0.4, 0.5) is 0 Å². The van der Waals surface area contributed by atoms with Crippen molar-refractivity contribution < 1.29 is 19.4 Å². The van der Waals surface area contributed by atoms with Gasteiger partial charge in [-0.05, 0) is 54.4 Å². The number of H-pyrrole nitrogens is 1. The highest BCUT2D eigenvalue weighted by Crippen LogP contribution is 2.39. The van der Waals surface area contributed by atoms with E-state index >= 15 is 0 Å². The quantitative estimate of drug-likeness (QED) is 0.369. The average molecular weight is 554 g/mol. The summed E-state index contributed by atoms with van der Waals surface area (Å²) in [6.07, 6.45) is 2.30. The highest BCUT2D eigenvalue weighted by Gasteiger charge is 2.25. The first-order chi connectivity index (χ1) is 18.2. The van der Waals surface area contributed by atoms with E-state index in [0.29, 0.717) is 35.5 Å². The minimum Gasteiger partial charge on any atom is -0.476 e. The van der Waals surface area contributed by atoms with E-state index in [4.69, 9.17) is 33.0 Å². The molecule has 2 aromatic heterocycles. The summed E-state index contributed by atoms with van der Waals surface area (Å²) in [6.45, 7) is 0.928. The number of benzene rings is 2. The van der Waals surface area contributed by atoms with Crippen LogP contribution >= 0.6 is 23.2 Å². The van der Waals surface area contributed by atoms with Gasteiger partial charge >= 0.3 is 11.7 Å². The summed E-state index contributed by atoms with van der Waals surface area (Å²) in [6, 6.07) is 13.2. The Labute approximate surface area is 223 Å². The fourth-order valence-corrected chi connectivity index (χ4v) is 4.57. The van der Waals surface area contributed by atoms with Gasteiger partial charge in [-0.2, -0.15) is 9.78 Å². The molecule has 13 heteroatoms. The molecule has 2 aromatic carbocycles. The van der Waals surface area contributed by atoms with Gasteiger partial charge in [0.1, 0.15) is 5.75 Å². The molecular formula is C25H17Cl2N5O6. The van der Waals surface area contributed by atoms with E-state index in [0.717, 1.165) is 11.3 Å². The standard InChI is InChI=1S/C25H17Cl2N5O6/c26-18-10-15(32-25(37)29-22(33)20(30-32)24(35)36)11-19(27)21(18)38-16-4-5-17-13(9-16)6-8-31(23(17)34)12-14-3-1-2-7-28-14/h1-5,7,9-11H,6,8,12H2,(H,35,36)(H,29,33,37). The highest BCUT2D eigenvalue weighted by atomic mass is 35.5. The van der Waals surface area contributed by atoms with Gasteiger partial charge in [-0.15, -0.1) is 0 Å². The van der Waals surface area contributed by atoms with E-state index in [-0.39, 0.29) is 27.4 Å². The SMILES string of the molecule is O=C(O)c1nn(-c2cc(Cl)c(Oc3ccc4c(c3)CCN(Cc3ccccn3)C4=O)c(Cl)c2)c(=O)[nH]c1=O. The number of ether oxygens (including phenoxy) is 1. The van der Waals surface area contributed by atoms with Crippen molar-refractivity contribution in [2.24, 2.45) is 0 Å². The molecule has 0 fully saturated rings. The highest BCUT2D eigenvalue weighted by molar-refractivity contribution is 6.37. The summed E-state index contributed by atoms with van der Waals surface area (Å²) in [5, 5.41) is 12.7. The summed E-state index contributed by atoms with van der Waals surface area (Å²) in [5.41, 5.74) is -0.808. The lowest BCUT2D eigenvalue weighted by atomic mass is 9.98. The first-order valence-electron chi connectivity index (χ1n) is 11.2. The molecule has 38 heavy (non-hydrogen) atoms. The zero-order chi connectivity index (χ0) is 27.0. The molecule has 4 aromatic rings. The van der Waals surface area contributed by atoms with E-state index in [2.05, 4.69) is 10.1 Å². The number of hydrogen-bond acceptors (Lipinski definition) is 7. The molecule has 0 bridgehead atoms. The van der Waals surface area contributed by atoms with Gasteiger partial charge < -0.3 is 14.7 Å². The number of halogens is 2. The first-order valence-corrected chi connectivity index (χ1v) is 11.9. The van der Waals surface area contributed by atoms with Crippen LogP contribution in [0.5, 0.6) is 11.5 Å². The van der Waals surface area contributed by atoms with E-state index in [1.165, 1.54) is 12.1 Å². The van der Waals surface area contributed by atoms with Crippen LogP contribution in [-0.4, -0.2) is 48.2 Å². The Morgan fingerprint density at radius 2 is 1.84 bits per heavy atom. The van der Waals surface area contributed by atoms with Gasteiger partial charge in [-0.1, -0.05) is 29.3 Å². The fourth-order valence-electron chi connectivity index (χ4n) is 4.01. The average Bonchev–Trinajstić information content (AvgIpc) is 2.88. The van der Waals surface area contributed by atoms with Crippen molar-refractivity contribution in [1.82, 2.24) is 24.6 Å². The number of amides is 1. The third kappa shape index (κ3) is 4.89.